The van der Waals surface area contributed by atoms with E-state index in [0.717, 1.165) is 10.5 Å². The van der Waals surface area contributed by atoms with Crippen LogP contribution in [-0.2, 0) is 26.3 Å². The van der Waals surface area contributed by atoms with Crippen molar-refractivity contribution in [3.8, 4) is 0 Å². The minimum atomic E-state index is -1.31. The minimum Gasteiger partial charge on any atom is -0.355 e. The fourth-order valence-corrected chi connectivity index (χ4v) is 3.64. The molecular weight excluding hydrogens is 396 g/mol. The lowest BCUT2D eigenvalue weighted by Crippen LogP contribution is -2.49. The highest BCUT2D eigenvalue weighted by atomic mass is 16.2. The number of nitrogens with one attached hydrogen (secondary N) is 3. The maximum absolute atomic E-state index is 13.5. The number of likely N-dealkylation sites (N-methyl/N-ethyl adjacent to an activating group) is 1. The van der Waals surface area contributed by atoms with Gasteiger partial charge in [-0.05, 0) is 25.0 Å². The second kappa shape index (κ2) is 9.42. The van der Waals surface area contributed by atoms with Crippen LogP contribution in [0.3, 0.4) is 0 Å². The van der Waals surface area contributed by atoms with Crippen molar-refractivity contribution in [3.63, 3.8) is 0 Å². The minimum absolute atomic E-state index is 0.246. The largest absolute Gasteiger partial charge is 0.355 e. The lowest BCUT2D eigenvalue weighted by Gasteiger charge is -2.27. The second-order valence-electron chi connectivity index (χ2n) is 7.44. The summed E-state index contributed by atoms with van der Waals surface area (Å²) in [6, 6.07) is 16.9. The molecule has 1 fully saturated rings. The molecule has 0 spiro atoms. The molecule has 2 aromatic carbocycles. The number of nitrogens with zero attached hydrogens (tertiary/aromatic N) is 1. The zero-order chi connectivity index (χ0) is 22.4. The summed E-state index contributed by atoms with van der Waals surface area (Å²) >= 11 is 0. The third-order valence-electron chi connectivity index (χ3n) is 5.18. The standard InChI is InChI=1S/C23H26N4O4/c1-3-24-20(29)16(2)25-19(28)15-27-21(30)23(26-22(27)31,18-12-8-5-9-13-18)14-17-10-6-4-7-11-17/h4-13,16H,3,14-15H2,1-2H3,(H,24,29)(H,25,28)(H,26,31)/t16-,23+/m0/s1. The molecule has 0 bridgehead atoms. The monoisotopic (exact) mass is 422 g/mol. The van der Waals surface area contributed by atoms with E-state index in [1.54, 1.807) is 38.1 Å². The molecule has 0 unspecified atom stereocenters. The molecule has 3 rings (SSSR count). The van der Waals surface area contributed by atoms with E-state index in [-0.39, 0.29) is 12.3 Å². The highest BCUT2D eigenvalue weighted by molar-refractivity contribution is 6.09. The van der Waals surface area contributed by atoms with E-state index < -0.39 is 36.0 Å². The predicted molar refractivity (Wildman–Crippen MR) is 115 cm³/mol. The summed E-state index contributed by atoms with van der Waals surface area (Å²) in [5.41, 5.74) is 0.192. The molecule has 0 aliphatic carbocycles. The molecule has 0 radical (unpaired) electrons. The molecule has 5 amide bonds. The normalized spacial score (nSPS) is 19.0. The third-order valence-corrected chi connectivity index (χ3v) is 5.18. The maximum atomic E-state index is 13.5. The van der Waals surface area contributed by atoms with E-state index in [1.807, 2.05) is 36.4 Å². The van der Waals surface area contributed by atoms with Gasteiger partial charge in [-0.3, -0.25) is 19.3 Å². The lowest BCUT2D eigenvalue weighted by molar-refractivity contribution is -0.136. The Morgan fingerprint density at radius 3 is 2.26 bits per heavy atom. The van der Waals surface area contributed by atoms with Crippen LogP contribution in [0.5, 0.6) is 0 Å². The molecule has 1 heterocycles. The van der Waals surface area contributed by atoms with E-state index in [9.17, 15) is 19.2 Å². The van der Waals surface area contributed by atoms with Crippen molar-refractivity contribution in [2.75, 3.05) is 13.1 Å². The van der Waals surface area contributed by atoms with Crippen LogP contribution in [0.1, 0.15) is 25.0 Å². The number of benzene rings is 2. The molecule has 0 saturated carbocycles. The van der Waals surface area contributed by atoms with Crippen molar-refractivity contribution < 1.29 is 19.2 Å². The first kappa shape index (κ1) is 22.0. The van der Waals surface area contributed by atoms with Crippen molar-refractivity contribution >= 4 is 23.8 Å². The summed E-state index contributed by atoms with van der Waals surface area (Å²) < 4.78 is 0. The molecule has 31 heavy (non-hydrogen) atoms. The van der Waals surface area contributed by atoms with E-state index in [0.29, 0.717) is 12.1 Å². The molecule has 8 heteroatoms. The van der Waals surface area contributed by atoms with Gasteiger partial charge in [0.15, 0.2) is 5.54 Å². The quantitative estimate of drug-likeness (QED) is 0.558. The Morgan fingerprint density at radius 1 is 1.03 bits per heavy atom. The summed E-state index contributed by atoms with van der Waals surface area (Å²) in [6.45, 7) is 3.27. The molecule has 3 N–H and O–H groups in total. The maximum Gasteiger partial charge on any atom is 0.325 e. The fourth-order valence-electron chi connectivity index (χ4n) is 3.64. The van der Waals surface area contributed by atoms with Gasteiger partial charge in [0.25, 0.3) is 5.91 Å². The molecule has 0 aromatic heterocycles. The van der Waals surface area contributed by atoms with Crippen molar-refractivity contribution in [1.82, 2.24) is 20.9 Å². The molecule has 2 aromatic rings. The van der Waals surface area contributed by atoms with Crippen molar-refractivity contribution in [1.29, 1.82) is 0 Å². The first-order valence-corrected chi connectivity index (χ1v) is 10.2. The molecule has 1 aliphatic heterocycles. The number of carbonyl (C=O) groups is 4. The van der Waals surface area contributed by atoms with Crippen LogP contribution in [0.25, 0.3) is 0 Å². The van der Waals surface area contributed by atoms with Gasteiger partial charge in [0.2, 0.25) is 11.8 Å². The highest BCUT2D eigenvalue weighted by Gasteiger charge is 2.52. The zero-order valence-electron chi connectivity index (χ0n) is 17.6. The summed E-state index contributed by atoms with van der Waals surface area (Å²) in [6.07, 6.45) is 0.246. The molecule has 1 aliphatic rings. The molecule has 1 saturated heterocycles. The number of carbonyl (C=O) groups excluding carboxylic acids is 4. The van der Waals surface area contributed by atoms with Crippen LogP contribution >= 0.6 is 0 Å². The molecular formula is C23H26N4O4. The molecule has 2 atom stereocenters. The Balaban J connectivity index is 1.83. The van der Waals surface area contributed by atoms with Gasteiger partial charge in [-0.1, -0.05) is 60.7 Å². The number of hydrogen-bond acceptors (Lipinski definition) is 4. The zero-order valence-corrected chi connectivity index (χ0v) is 17.6. The van der Waals surface area contributed by atoms with Gasteiger partial charge in [-0.25, -0.2) is 4.79 Å². The van der Waals surface area contributed by atoms with Crippen LogP contribution in [-0.4, -0.2) is 47.8 Å². The third kappa shape index (κ3) is 4.74. The number of imide groups is 1. The van der Waals surface area contributed by atoms with Crippen molar-refractivity contribution in [2.45, 2.75) is 31.8 Å². The predicted octanol–water partition coefficient (Wildman–Crippen LogP) is 1.32. The first-order chi connectivity index (χ1) is 14.9. The first-order valence-electron chi connectivity index (χ1n) is 10.2. The number of rotatable bonds is 8. The average molecular weight is 422 g/mol. The van der Waals surface area contributed by atoms with E-state index in [4.69, 9.17) is 0 Å². The summed E-state index contributed by atoms with van der Waals surface area (Å²) in [7, 11) is 0. The highest BCUT2D eigenvalue weighted by Crippen LogP contribution is 2.32. The Kier molecular flexibility index (Phi) is 6.69. The Labute approximate surface area is 181 Å². The van der Waals surface area contributed by atoms with Gasteiger partial charge in [-0.2, -0.15) is 0 Å². The van der Waals surface area contributed by atoms with E-state index >= 15 is 0 Å². The summed E-state index contributed by atoms with van der Waals surface area (Å²) in [5, 5.41) is 7.95. The Morgan fingerprint density at radius 2 is 1.65 bits per heavy atom. The SMILES string of the molecule is CCNC(=O)[C@H](C)NC(=O)CN1C(=O)N[C@](Cc2ccccc2)(c2ccccc2)C1=O. The second-order valence-corrected chi connectivity index (χ2v) is 7.44. The van der Waals surface area contributed by atoms with Gasteiger partial charge in [0, 0.05) is 13.0 Å². The van der Waals surface area contributed by atoms with Gasteiger partial charge in [-0.15, -0.1) is 0 Å². The number of amides is 5. The summed E-state index contributed by atoms with van der Waals surface area (Å²) in [4.78, 5) is 51.4. The van der Waals surface area contributed by atoms with E-state index in [2.05, 4.69) is 16.0 Å². The lowest BCUT2D eigenvalue weighted by atomic mass is 9.83. The molecule has 8 nitrogen and oxygen atoms in total. The van der Waals surface area contributed by atoms with Crippen LogP contribution in [0, 0.1) is 0 Å². The van der Waals surface area contributed by atoms with Crippen LogP contribution in [0.4, 0.5) is 4.79 Å². The van der Waals surface area contributed by atoms with Crippen LogP contribution in [0.2, 0.25) is 0 Å². The van der Waals surface area contributed by atoms with Gasteiger partial charge >= 0.3 is 6.03 Å². The van der Waals surface area contributed by atoms with Crippen LogP contribution < -0.4 is 16.0 Å². The van der Waals surface area contributed by atoms with Crippen LogP contribution in [0.15, 0.2) is 60.7 Å². The Hall–Kier alpha value is -3.68. The van der Waals surface area contributed by atoms with Gasteiger partial charge in [0.1, 0.15) is 12.6 Å². The topological polar surface area (TPSA) is 108 Å². The van der Waals surface area contributed by atoms with Crippen molar-refractivity contribution in [2.24, 2.45) is 0 Å². The van der Waals surface area contributed by atoms with Crippen molar-refractivity contribution in [3.05, 3.63) is 71.8 Å². The summed E-state index contributed by atoms with van der Waals surface area (Å²) in [5.74, 6) is -1.44. The fraction of sp³-hybridized carbons (Fsp3) is 0.304. The van der Waals surface area contributed by atoms with E-state index in [1.165, 1.54) is 0 Å². The molecule has 162 valence electrons. The van der Waals surface area contributed by atoms with Gasteiger partial charge < -0.3 is 16.0 Å². The Bertz CT molecular complexity index is 964. The number of urea groups is 1. The van der Waals surface area contributed by atoms with Gasteiger partial charge in [0.05, 0.1) is 0 Å². The average Bonchev–Trinajstić information content (AvgIpc) is 3.00. The smallest absolute Gasteiger partial charge is 0.325 e. The number of hydrogen-bond donors (Lipinski definition) is 3.